The number of para-hydroxylation sites is 1. The summed E-state index contributed by atoms with van der Waals surface area (Å²) in [5.74, 6) is 3.13. The molecule has 3 nitrogen and oxygen atoms in total. The molecule has 1 N–H and O–H groups in total. The average molecular weight is 248 g/mol. The van der Waals surface area contributed by atoms with Crippen LogP contribution < -0.4 is 10.1 Å². The number of anilines is 1. The smallest absolute Gasteiger partial charge is 0.143 e. The Labute approximate surface area is 106 Å². The number of methoxy groups -OCH3 is 1. The van der Waals surface area contributed by atoms with E-state index in [4.69, 9.17) is 10.00 Å². The molecule has 0 spiro atoms. The maximum atomic E-state index is 9.12. The molecular formula is C13H16N2OS. The van der Waals surface area contributed by atoms with Crippen LogP contribution in [0.15, 0.2) is 18.2 Å². The van der Waals surface area contributed by atoms with E-state index in [1.165, 1.54) is 11.5 Å². The van der Waals surface area contributed by atoms with Gasteiger partial charge in [0, 0.05) is 6.04 Å². The van der Waals surface area contributed by atoms with Gasteiger partial charge in [0.25, 0.3) is 0 Å². The minimum absolute atomic E-state index is 0.458. The van der Waals surface area contributed by atoms with Gasteiger partial charge in [0.05, 0.1) is 18.4 Å². The van der Waals surface area contributed by atoms with E-state index in [1.54, 1.807) is 7.11 Å². The Hall–Kier alpha value is -1.34. The highest BCUT2D eigenvalue weighted by atomic mass is 32.2. The van der Waals surface area contributed by atoms with Crippen molar-refractivity contribution in [2.24, 2.45) is 0 Å². The van der Waals surface area contributed by atoms with Crippen LogP contribution in [0.3, 0.4) is 0 Å². The Morgan fingerprint density at radius 2 is 2.18 bits per heavy atom. The van der Waals surface area contributed by atoms with Gasteiger partial charge in [-0.2, -0.15) is 17.0 Å². The third-order valence-electron chi connectivity index (χ3n) is 2.94. The molecule has 17 heavy (non-hydrogen) atoms. The molecule has 0 amide bonds. The number of rotatable bonds is 3. The van der Waals surface area contributed by atoms with E-state index in [2.05, 4.69) is 11.4 Å². The monoisotopic (exact) mass is 248 g/mol. The molecule has 1 saturated heterocycles. The maximum Gasteiger partial charge on any atom is 0.143 e. The van der Waals surface area contributed by atoms with Crippen LogP contribution in [0, 0.1) is 11.3 Å². The molecule has 0 saturated carbocycles. The van der Waals surface area contributed by atoms with Gasteiger partial charge in [-0.25, -0.2) is 0 Å². The van der Waals surface area contributed by atoms with Crippen molar-refractivity contribution < 1.29 is 4.74 Å². The van der Waals surface area contributed by atoms with E-state index in [-0.39, 0.29) is 0 Å². The number of ether oxygens (including phenoxy) is 1. The van der Waals surface area contributed by atoms with Gasteiger partial charge in [-0.1, -0.05) is 6.07 Å². The highest BCUT2D eigenvalue weighted by Gasteiger charge is 2.17. The van der Waals surface area contributed by atoms with Crippen molar-refractivity contribution in [1.29, 1.82) is 5.26 Å². The van der Waals surface area contributed by atoms with Crippen molar-refractivity contribution in [3.05, 3.63) is 23.8 Å². The summed E-state index contributed by atoms with van der Waals surface area (Å²) in [5, 5.41) is 12.6. The van der Waals surface area contributed by atoms with Gasteiger partial charge in [-0.05, 0) is 36.5 Å². The zero-order valence-electron chi connectivity index (χ0n) is 9.90. The largest absolute Gasteiger partial charge is 0.495 e. The summed E-state index contributed by atoms with van der Waals surface area (Å²) < 4.78 is 5.31. The van der Waals surface area contributed by atoms with Gasteiger partial charge < -0.3 is 10.1 Å². The molecular weight excluding hydrogens is 232 g/mol. The van der Waals surface area contributed by atoms with Crippen LogP contribution in [-0.2, 0) is 0 Å². The molecule has 4 heteroatoms. The first-order valence-corrected chi connectivity index (χ1v) is 6.92. The zero-order chi connectivity index (χ0) is 12.1. The third kappa shape index (κ3) is 2.86. The van der Waals surface area contributed by atoms with Gasteiger partial charge >= 0.3 is 0 Å². The van der Waals surface area contributed by atoms with E-state index in [9.17, 15) is 0 Å². The maximum absolute atomic E-state index is 9.12. The molecule has 1 aromatic carbocycles. The van der Waals surface area contributed by atoms with E-state index < -0.39 is 0 Å². The minimum Gasteiger partial charge on any atom is -0.495 e. The fourth-order valence-electron chi connectivity index (χ4n) is 1.99. The van der Waals surface area contributed by atoms with E-state index in [1.807, 2.05) is 30.0 Å². The second kappa shape index (κ2) is 5.83. The second-order valence-electron chi connectivity index (χ2n) is 4.03. The lowest BCUT2D eigenvalue weighted by atomic mass is 10.1. The standard InChI is InChI=1S/C13H16N2OS/c1-16-12-4-2-3-10(9-14)13(12)15-11-5-7-17-8-6-11/h2-4,11,15H,5-8H2,1H3. The Morgan fingerprint density at radius 3 is 2.82 bits per heavy atom. The van der Waals surface area contributed by atoms with Gasteiger partial charge in [-0.3, -0.25) is 0 Å². The lowest BCUT2D eigenvalue weighted by Gasteiger charge is -2.25. The molecule has 1 heterocycles. The number of benzene rings is 1. The number of nitrogens with one attached hydrogen (secondary N) is 1. The highest BCUT2D eigenvalue weighted by molar-refractivity contribution is 7.99. The van der Waals surface area contributed by atoms with Crippen LogP contribution >= 0.6 is 11.8 Å². The number of nitriles is 1. The first-order chi connectivity index (χ1) is 8.35. The van der Waals surface area contributed by atoms with Gasteiger partial charge in [0.15, 0.2) is 0 Å². The molecule has 1 aliphatic heterocycles. The molecule has 2 rings (SSSR count). The Kier molecular flexibility index (Phi) is 4.16. The molecule has 0 bridgehead atoms. The predicted octanol–water partition coefficient (Wildman–Crippen LogP) is 2.87. The lowest BCUT2D eigenvalue weighted by Crippen LogP contribution is -2.25. The van der Waals surface area contributed by atoms with Crippen molar-refractivity contribution in [2.45, 2.75) is 18.9 Å². The number of thioether (sulfide) groups is 1. The summed E-state index contributed by atoms with van der Waals surface area (Å²) in [6.07, 6.45) is 2.29. The van der Waals surface area contributed by atoms with Crippen molar-refractivity contribution in [3.63, 3.8) is 0 Å². The summed E-state index contributed by atoms with van der Waals surface area (Å²) >= 11 is 1.99. The molecule has 1 fully saturated rings. The van der Waals surface area contributed by atoms with Crippen LogP contribution in [0.25, 0.3) is 0 Å². The average Bonchev–Trinajstić information content (AvgIpc) is 2.40. The summed E-state index contributed by atoms with van der Waals surface area (Å²) in [6, 6.07) is 8.23. The predicted molar refractivity (Wildman–Crippen MR) is 71.7 cm³/mol. The topological polar surface area (TPSA) is 45.0 Å². The van der Waals surface area contributed by atoms with Crippen molar-refractivity contribution >= 4 is 17.4 Å². The van der Waals surface area contributed by atoms with Crippen LogP contribution in [0.2, 0.25) is 0 Å². The molecule has 0 atom stereocenters. The molecule has 0 aromatic heterocycles. The molecule has 90 valence electrons. The number of hydrogen-bond acceptors (Lipinski definition) is 4. The summed E-state index contributed by atoms with van der Waals surface area (Å²) in [6.45, 7) is 0. The SMILES string of the molecule is COc1cccc(C#N)c1NC1CCSCC1. The van der Waals surface area contributed by atoms with Crippen LogP contribution in [0.5, 0.6) is 5.75 Å². The van der Waals surface area contributed by atoms with Crippen LogP contribution in [0.4, 0.5) is 5.69 Å². The summed E-state index contributed by atoms with van der Waals surface area (Å²) in [7, 11) is 1.64. The fourth-order valence-corrected chi connectivity index (χ4v) is 3.10. The van der Waals surface area contributed by atoms with Gasteiger partial charge in [0.2, 0.25) is 0 Å². The lowest BCUT2D eigenvalue weighted by molar-refractivity contribution is 0.415. The first-order valence-electron chi connectivity index (χ1n) is 5.76. The van der Waals surface area contributed by atoms with Gasteiger partial charge in [0.1, 0.15) is 11.8 Å². The molecule has 0 aliphatic carbocycles. The van der Waals surface area contributed by atoms with E-state index >= 15 is 0 Å². The van der Waals surface area contributed by atoms with E-state index in [0.717, 1.165) is 24.3 Å². The zero-order valence-corrected chi connectivity index (χ0v) is 10.7. The minimum atomic E-state index is 0.458. The fraction of sp³-hybridized carbons (Fsp3) is 0.462. The van der Waals surface area contributed by atoms with Crippen LogP contribution in [-0.4, -0.2) is 24.7 Å². The third-order valence-corrected chi connectivity index (χ3v) is 3.99. The van der Waals surface area contributed by atoms with Crippen molar-refractivity contribution in [3.8, 4) is 11.8 Å². The molecule has 0 unspecified atom stereocenters. The quantitative estimate of drug-likeness (QED) is 0.893. The first kappa shape index (κ1) is 12.1. The highest BCUT2D eigenvalue weighted by Crippen LogP contribution is 2.30. The molecule has 1 aliphatic rings. The Morgan fingerprint density at radius 1 is 1.41 bits per heavy atom. The van der Waals surface area contributed by atoms with E-state index in [0.29, 0.717) is 11.6 Å². The van der Waals surface area contributed by atoms with Gasteiger partial charge in [-0.15, -0.1) is 0 Å². The Balaban J connectivity index is 2.20. The molecule has 0 radical (unpaired) electrons. The number of nitrogens with zero attached hydrogens (tertiary/aromatic N) is 1. The summed E-state index contributed by atoms with van der Waals surface area (Å²) in [4.78, 5) is 0. The number of hydrogen-bond donors (Lipinski definition) is 1. The van der Waals surface area contributed by atoms with Crippen LogP contribution in [0.1, 0.15) is 18.4 Å². The second-order valence-corrected chi connectivity index (χ2v) is 5.25. The Bertz CT molecular complexity index is 422. The normalized spacial score (nSPS) is 16.2. The van der Waals surface area contributed by atoms with Crippen molar-refractivity contribution in [2.75, 3.05) is 23.9 Å². The summed E-state index contributed by atoms with van der Waals surface area (Å²) in [5.41, 5.74) is 1.50. The molecule has 1 aromatic rings. The van der Waals surface area contributed by atoms with Crippen molar-refractivity contribution in [1.82, 2.24) is 0 Å².